The number of hydrogen-bond acceptors (Lipinski definition) is 4. The van der Waals surface area contributed by atoms with E-state index in [-0.39, 0.29) is 5.78 Å². The van der Waals surface area contributed by atoms with Crippen molar-refractivity contribution >= 4 is 28.5 Å². The Morgan fingerprint density at radius 2 is 1.63 bits per heavy atom. The molecule has 0 saturated carbocycles. The van der Waals surface area contributed by atoms with Crippen LogP contribution in [0.5, 0.6) is 5.75 Å². The fourth-order valence-electron chi connectivity index (χ4n) is 2.82. The largest absolute Gasteiger partial charge is 0.497 e. The molecule has 0 saturated heterocycles. The van der Waals surface area contributed by atoms with E-state index in [0.29, 0.717) is 28.1 Å². The molecule has 0 radical (unpaired) electrons. The Bertz CT molecular complexity index is 1080. The summed E-state index contributed by atoms with van der Waals surface area (Å²) >= 11 is 0. The van der Waals surface area contributed by atoms with E-state index in [1.54, 1.807) is 25.3 Å². The van der Waals surface area contributed by atoms with Crippen molar-refractivity contribution in [3.05, 3.63) is 95.9 Å². The van der Waals surface area contributed by atoms with Gasteiger partial charge in [0.25, 0.3) is 0 Å². The van der Waals surface area contributed by atoms with E-state index in [2.05, 4.69) is 4.98 Å². The Hall–Kier alpha value is -3.66. The molecule has 1 aromatic heterocycles. The van der Waals surface area contributed by atoms with Gasteiger partial charge in [-0.3, -0.25) is 4.79 Å². The summed E-state index contributed by atoms with van der Waals surface area (Å²) in [5, 5.41) is 0. The number of fused-ring (bicyclic) bond motifs is 1. The zero-order valence-electron chi connectivity index (χ0n) is 14.8. The highest BCUT2D eigenvalue weighted by molar-refractivity contribution is 6.31. The number of allylic oxidation sites excluding steroid dienone is 1. The molecule has 4 aromatic rings. The van der Waals surface area contributed by atoms with E-state index >= 15 is 0 Å². The van der Waals surface area contributed by atoms with Gasteiger partial charge < -0.3 is 9.15 Å². The van der Waals surface area contributed by atoms with Crippen LogP contribution < -0.4 is 4.74 Å². The molecule has 3 aromatic carbocycles. The lowest BCUT2D eigenvalue weighted by Gasteiger charge is -2.05. The van der Waals surface area contributed by atoms with E-state index < -0.39 is 0 Å². The number of benzene rings is 3. The molecule has 0 unspecified atom stereocenters. The zero-order chi connectivity index (χ0) is 18.6. The molecule has 0 aliphatic rings. The van der Waals surface area contributed by atoms with Crippen LogP contribution in [0.1, 0.15) is 21.8 Å². The van der Waals surface area contributed by atoms with Gasteiger partial charge in [0, 0.05) is 5.56 Å². The van der Waals surface area contributed by atoms with Crippen LogP contribution in [-0.2, 0) is 0 Å². The van der Waals surface area contributed by atoms with Gasteiger partial charge in [0.05, 0.1) is 12.7 Å². The summed E-state index contributed by atoms with van der Waals surface area (Å²) in [5.41, 5.74) is 3.21. The smallest absolute Gasteiger partial charge is 0.231 e. The Morgan fingerprint density at radius 1 is 0.926 bits per heavy atom. The minimum Gasteiger partial charge on any atom is -0.497 e. The van der Waals surface area contributed by atoms with Crippen LogP contribution in [0.15, 0.2) is 83.3 Å². The minimum atomic E-state index is -0.141. The van der Waals surface area contributed by atoms with Gasteiger partial charge in [0.15, 0.2) is 11.4 Å². The number of para-hydroxylation sites is 2. The van der Waals surface area contributed by atoms with Gasteiger partial charge in [-0.25, -0.2) is 4.98 Å². The summed E-state index contributed by atoms with van der Waals surface area (Å²) in [4.78, 5) is 17.7. The lowest BCUT2D eigenvalue weighted by atomic mass is 10.0. The van der Waals surface area contributed by atoms with Gasteiger partial charge in [-0.15, -0.1) is 0 Å². The number of oxazole rings is 1. The normalized spacial score (nSPS) is 11.5. The maximum Gasteiger partial charge on any atom is 0.231 e. The van der Waals surface area contributed by atoms with Crippen molar-refractivity contribution in [3.8, 4) is 5.75 Å². The quantitative estimate of drug-likeness (QED) is 0.362. The molecule has 0 aliphatic heterocycles. The number of rotatable bonds is 5. The number of aromatic nitrogens is 1. The molecule has 0 spiro atoms. The molecule has 132 valence electrons. The van der Waals surface area contributed by atoms with Crippen LogP contribution in [0.2, 0.25) is 0 Å². The molecule has 4 heteroatoms. The molecule has 0 N–H and O–H groups in total. The Kier molecular flexibility index (Phi) is 4.54. The molecule has 4 nitrogen and oxygen atoms in total. The molecule has 1 heterocycles. The fraction of sp³-hybridized carbons (Fsp3) is 0.0435. The maximum atomic E-state index is 13.2. The lowest BCUT2D eigenvalue weighted by molar-refractivity contribution is 0.105. The van der Waals surface area contributed by atoms with Crippen molar-refractivity contribution < 1.29 is 13.9 Å². The van der Waals surface area contributed by atoms with Gasteiger partial charge in [-0.1, -0.05) is 54.6 Å². The number of carbonyl (C=O) groups is 1. The first-order valence-corrected chi connectivity index (χ1v) is 8.56. The van der Waals surface area contributed by atoms with Gasteiger partial charge in [0.1, 0.15) is 11.3 Å². The van der Waals surface area contributed by atoms with Crippen molar-refractivity contribution in [1.29, 1.82) is 0 Å². The van der Waals surface area contributed by atoms with E-state index in [0.717, 1.165) is 11.3 Å². The van der Waals surface area contributed by atoms with Crippen molar-refractivity contribution in [3.63, 3.8) is 0 Å². The van der Waals surface area contributed by atoms with Gasteiger partial charge in [-0.2, -0.15) is 0 Å². The number of nitrogens with zero attached hydrogens (tertiary/aromatic N) is 1. The Morgan fingerprint density at radius 3 is 2.33 bits per heavy atom. The van der Waals surface area contributed by atoms with E-state index in [1.165, 1.54) is 0 Å². The van der Waals surface area contributed by atoms with Gasteiger partial charge in [-0.05, 0) is 35.9 Å². The van der Waals surface area contributed by atoms with Crippen LogP contribution in [0.3, 0.4) is 0 Å². The summed E-state index contributed by atoms with van der Waals surface area (Å²) in [5.74, 6) is 0.920. The van der Waals surface area contributed by atoms with Crippen LogP contribution >= 0.6 is 0 Å². The summed E-state index contributed by atoms with van der Waals surface area (Å²) in [7, 11) is 1.62. The number of ether oxygens (including phenoxy) is 1. The van der Waals surface area contributed by atoms with Crippen LogP contribution in [-0.4, -0.2) is 17.9 Å². The first kappa shape index (κ1) is 16.8. The monoisotopic (exact) mass is 355 g/mol. The predicted octanol–water partition coefficient (Wildman–Crippen LogP) is 5.26. The van der Waals surface area contributed by atoms with E-state index in [1.807, 2.05) is 66.7 Å². The SMILES string of the molecule is COc1ccc(/C=C(\C(=O)c2ccccc2)c2nc3ccccc3o2)cc1. The number of methoxy groups -OCH3 is 1. The molecule has 27 heavy (non-hydrogen) atoms. The van der Waals surface area contributed by atoms with Crippen molar-refractivity contribution in [1.82, 2.24) is 4.98 Å². The standard InChI is InChI=1S/C23H17NO3/c1-26-18-13-11-16(12-14-18)15-19(22(25)17-7-3-2-4-8-17)23-24-20-9-5-6-10-21(20)27-23/h2-15H,1H3/b19-15+. The third kappa shape index (κ3) is 3.51. The Labute approximate surface area is 156 Å². The summed E-state index contributed by atoms with van der Waals surface area (Å²) in [6.07, 6.45) is 1.79. The first-order chi connectivity index (χ1) is 13.2. The van der Waals surface area contributed by atoms with Crippen molar-refractivity contribution in [2.45, 2.75) is 0 Å². The van der Waals surface area contributed by atoms with E-state index in [4.69, 9.17) is 9.15 Å². The maximum absolute atomic E-state index is 13.2. The molecule has 0 atom stereocenters. The second-order valence-corrected chi connectivity index (χ2v) is 6.01. The lowest BCUT2D eigenvalue weighted by Crippen LogP contribution is -2.03. The summed E-state index contributed by atoms with van der Waals surface area (Å²) < 4.78 is 11.1. The van der Waals surface area contributed by atoms with Crippen molar-refractivity contribution in [2.24, 2.45) is 0 Å². The summed E-state index contributed by atoms with van der Waals surface area (Å²) in [6.45, 7) is 0. The molecular formula is C23H17NO3. The van der Waals surface area contributed by atoms with Crippen LogP contribution in [0, 0.1) is 0 Å². The summed E-state index contributed by atoms with van der Waals surface area (Å²) in [6, 6.07) is 24.1. The highest BCUT2D eigenvalue weighted by Gasteiger charge is 2.20. The molecule has 0 amide bonds. The molecule has 0 aliphatic carbocycles. The van der Waals surface area contributed by atoms with Gasteiger partial charge >= 0.3 is 0 Å². The average molecular weight is 355 g/mol. The fourth-order valence-corrected chi connectivity index (χ4v) is 2.82. The van der Waals surface area contributed by atoms with Crippen molar-refractivity contribution in [2.75, 3.05) is 7.11 Å². The van der Waals surface area contributed by atoms with E-state index in [9.17, 15) is 4.79 Å². The third-order valence-corrected chi connectivity index (χ3v) is 4.23. The highest BCUT2D eigenvalue weighted by atomic mass is 16.5. The number of Topliss-reactive ketones (excluding diaryl/α,β-unsaturated/α-hetero) is 1. The molecule has 0 fully saturated rings. The average Bonchev–Trinajstić information content (AvgIpc) is 3.16. The third-order valence-electron chi connectivity index (χ3n) is 4.23. The number of carbonyl (C=O) groups excluding carboxylic acids is 1. The number of ketones is 1. The number of hydrogen-bond donors (Lipinski definition) is 0. The second kappa shape index (κ2) is 7.30. The zero-order valence-corrected chi connectivity index (χ0v) is 14.8. The first-order valence-electron chi connectivity index (χ1n) is 8.56. The Balaban J connectivity index is 1.83. The van der Waals surface area contributed by atoms with Crippen LogP contribution in [0.25, 0.3) is 22.7 Å². The molecule has 0 bridgehead atoms. The highest BCUT2D eigenvalue weighted by Crippen LogP contribution is 2.26. The topological polar surface area (TPSA) is 52.3 Å². The molecular weight excluding hydrogens is 338 g/mol. The predicted molar refractivity (Wildman–Crippen MR) is 106 cm³/mol. The molecule has 4 rings (SSSR count). The van der Waals surface area contributed by atoms with Crippen LogP contribution in [0.4, 0.5) is 0 Å². The second-order valence-electron chi connectivity index (χ2n) is 6.01. The van der Waals surface area contributed by atoms with Gasteiger partial charge in [0.2, 0.25) is 5.89 Å². The minimum absolute atomic E-state index is 0.141.